The molecule has 0 unspecified atom stereocenters. The van der Waals surface area contributed by atoms with E-state index in [-0.39, 0.29) is 30.2 Å². The van der Waals surface area contributed by atoms with Gasteiger partial charge in [-0.2, -0.15) is 0 Å². The molecule has 0 bridgehead atoms. The van der Waals surface area contributed by atoms with Crippen LogP contribution in [0.1, 0.15) is 30.8 Å². The van der Waals surface area contributed by atoms with Gasteiger partial charge in [0.05, 0.1) is 30.1 Å². The lowest BCUT2D eigenvalue weighted by molar-refractivity contribution is -0.139. The van der Waals surface area contributed by atoms with Crippen molar-refractivity contribution in [1.82, 2.24) is 20.2 Å². The Balaban J connectivity index is 1.88. The number of esters is 2. The Labute approximate surface area is 184 Å². The number of rotatable bonds is 8. The van der Waals surface area contributed by atoms with Crippen LogP contribution in [-0.2, 0) is 14.3 Å². The molecule has 164 valence electrons. The first kappa shape index (κ1) is 22.4. The number of carbonyl (C=O) groups excluding carboxylic acids is 3. The highest BCUT2D eigenvalue weighted by atomic mass is 32.2. The molecule has 1 aromatic carbocycles. The molecular formula is C21H24N4O5S. The van der Waals surface area contributed by atoms with Crippen LogP contribution in [0.3, 0.4) is 0 Å². The average Bonchev–Trinajstić information content (AvgIpc) is 3.22. The Kier molecular flexibility index (Phi) is 7.35. The predicted octanol–water partition coefficient (Wildman–Crippen LogP) is 2.66. The highest BCUT2D eigenvalue weighted by Gasteiger charge is 2.32. The molecule has 0 aliphatic carbocycles. The van der Waals surface area contributed by atoms with Crippen molar-refractivity contribution in [1.29, 1.82) is 0 Å². The molecule has 2 heterocycles. The van der Waals surface area contributed by atoms with Gasteiger partial charge in [0.15, 0.2) is 10.9 Å². The zero-order valence-corrected chi connectivity index (χ0v) is 18.3. The molecule has 2 amide bonds. The summed E-state index contributed by atoms with van der Waals surface area (Å²) in [6.45, 7) is 3.43. The lowest BCUT2D eigenvalue weighted by atomic mass is 10.0. The van der Waals surface area contributed by atoms with Crippen LogP contribution < -0.4 is 10.6 Å². The fourth-order valence-electron chi connectivity index (χ4n) is 3.24. The number of urea groups is 1. The number of thioether (sulfide) groups is 1. The summed E-state index contributed by atoms with van der Waals surface area (Å²) >= 11 is 1.40. The highest BCUT2D eigenvalue weighted by Crippen LogP contribution is 2.23. The Bertz CT molecular complexity index is 1000. The van der Waals surface area contributed by atoms with Crippen molar-refractivity contribution < 1.29 is 23.9 Å². The van der Waals surface area contributed by atoms with Gasteiger partial charge in [-0.1, -0.05) is 36.9 Å². The molecule has 0 saturated heterocycles. The van der Waals surface area contributed by atoms with E-state index < -0.39 is 24.0 Å². The maximum atomic E-state index is 12.9. The number of hydrogen-bond donors (Lipinski definition) is 2. The topological polar surface area (TPSA) is 112 Å². The SMILES string of the molecule is CCOC(=O)C1=C(COC(=O)c2cnc(SC)n2-c2ccccc2)NC(=O)N[C@H]1CC. The van der Waals surface area contributed by atoms with E-state index in [9.17, 15) is 14.4 Å². The van der Waals surface area contributed by atoms with Gasteiger partial charge in [-0.3, -0.25) is 4.57 Å². The van der Waals surface area contributed by atoms with E-state index >= 15 is 0 Å². The zero-order chi connectivity index (χ0) is 22.4. The Hall–Kier alpha value is -3.27. The number of carbonyl (C=O) groups is 3. The van der Waals surface area contributed by atoms with Crippen LogP contribution in [0, 0.1) is 0 Å². The van der Waals surface area contributed by atoms with Gasteiger partial charge in [-0.15, -0.1) is 0 Å². The Morgan fingerprint density at radius 2 is 1.90 bits per heavy atom. The number of ether oxygens (including phenoxy) is 2. The third-order valence-electron chi connectivity index (χ3n) is 4.63. The quantitative estimate of drug-likeness (QED) is 0.476. The first-order valence-corrected chi connectivity index (χ1v) is 11.0. The molecule has 3 rings (SSSR count). The molecule has 9 nitrogen and oxygen atoms in total. The number of para-hydroxylation sites is 1. The fourth-order valence-corrected chi connectivity index (χ4v) is 3.78. The van der Waals surface area contributed by atoms with Gasteiger partial charge in [-0.05, 0) is 31.7 Å². The number of benzene rings is 1. The molecule has 2 aromatic rings. The number of nitrogens with one attached hydrogen (secondary N) is 2. The molecule has 10 heteroatoms. The number of nitrogens with zero attached hydrogens (tertiary/aromatic N) is 2. The predicted molar refractivity (Wildman–Crippen MR) is 115 cm³/mol. The smallest absolute Gasteiger partial charge is 0.357 e. The van der Waals surface area contributed by atoms with Crippen LogP contribution in [0.5, 0.6) is 0 Å². The van der Waals surface area contributed by atoms with Gasteiger partial charge in [0.2, 0.25) is 0 Å². The third-order valence-corrected chi connectivity index (χ3v) is 5.28. The van der Waals surface area contributed by atoms with Gasteiger partial charge < -0.3 is 20.1 Å². The maximum absolute atomic E-state index is 12.9. The van der Waals surface area contributed by atoms with Gasteiger partial charge in [-0.25, -0.2) is 19.4 Å². The normalized spacial score (nSPS) is 15.8. The first-order valence-electron chi connectivity index (χ1n) is 9.82. The molecule has 0 fully saturated rings. The van der Waals surface area contributed by atoms with Crippen LogP contribution in [0.2, 0.25) is 0 Å². The summed E-state index contributed by atoms with van der Waals surface area (Å²) in [5.41, 5.74) is 1.46. The minimum Gasteiger partial charge on any atom is -0.463 e. The van der Waals surface area contributed by atoms with Crippen molar-refractivity contribution >= 4 is 29.7 Å². The maximum Gasteiger partial charge on any atom is 0.357 e. The molecular weight excluding hydrogens is 420 g/mol. The second-order valence-corrected chi connectivity index (χ2v) is 7.32. The molecule has 0 radical (unpaired) electrons. The zero-order valence-electron chi connectivity index (χ0n) is 17.5. The number of imidazole rings is 1. The van der Waals surface area contributed by atoms with Gasteiger partial charge in [0.25, 0.3) is 0 Å². The van der Waals surface area contributed by atoms with Crippen LogP contribution in [0.25, 0.3) is 5.69 Å². The molecule has 1 aliphatic heterocycles. The summed E-state index contributed by atoms with van der Waals surface area (Å²) in [5.74, 6) is -1.19. The summed E-state index contributed by atoms with van der Waals surface area (Å²) in [5, 5.41) is 5.88. The molecule has 1 atom stereocenters. The van der Waals surface area contributed by atoms with Gasteiger partial charge in [0.1, 0.15) is 6.61 Å². The summed E-state index contributed by atoms with van der Waals surface area (Å²) < 4.78 is 12.3. The van der Waals surface area contributed by atoms with Crippen LogP contribution in [0.15, 0.2) is 53.0 Å². The van der Waals surface area contributed by atoms with E-state index in [0.717, 1.165) is 5.69 Å². The molecule has 1 aliphatic rings. The average molecular weight is 445 g/mol. The molecule has 2 N–H and O–H groups in total. The largest absolute Gasteiger partial charge is 0.463 e. The summed E-state index contributed by atoms with van der Waals surface area (Å²) in [6, 6.07) is 8.33. The fraction of sp³-hybridized carbons (Fsp3) is 0.333. The molecule has 0 saturated carbocycles. The number of aromatic nitrogens is 2. The molecule has 1 aromatic heterocycles. The van der Waals surface area contributed by atoms with Crippen molar-refractivity contribution in [3.8, 4) is 5.69 Å². The van der Waals surface area contributed by atoms with E-state index in [4.69, 9.17) is 9.47 Å². The minimum absolute atomic E-state index is 0.188. The lowest BCUT2D eigenvalue weighted by Crippen LogP contribution is -2.51. The van der Waals surface area contributed by atoms with Crippen molar-refractivity contribution in [3.05, 3.63) is 53.5 Å². The standard InChI is InChI=1S/C21H24N4O5S/c1-4-14-17(19(27)29-5-2)15(24-20(28)23-14)12-30-18(26)16-11-22-21(31-3)25(16)13-9-7-6-8-10-13/h6-11,14H,4-5,12H2,1-3H3,(H2,23,24,28)/t14-/m0/s1. The minimum atomic E-state index is -0.631. The van der Waals surface area contributed by atoms with Crippen LogP contribution in [-0.4, -0.2) is 53.0 Å². The summed E-state index contributed by atoms with van der Waals surface area (Å²) in [4.78, 5) is 41.6. The van der Waals surface area contributed by atoms with Gasteiger partial charge in [0, 0.05) is 5.69 Å². The van der Waals surface area contributed by atoms with Crippen molar-refractivity contribution in [3.63, 3.8) is 0 Å². The van der Waals surface area contributed by atoms with E-state index in [1.807, 2.05) is 43.5 Å². The van der Waals surface area contributed by atoms with Crippen LogP contribution >= 0.6 is 11.8 Å². The summed E-state index contributed by atoms with van der Waals surface area (Å²) in [6.07, 6.45) is 3.79. The second kappa shape index (κ2) is 10.2. The summed E-state index contributed by atoms with van der Waals surface area (Å²) in [7, 11) is 0. The lowest BCUT2D eigenvalue weighted by Gasteiger charge is -2.28. The monoisotopic (exact) mass is 444 g/mol. The van der Waals surface area contributed by atoms with E-state index in [1.165, 1.54) is 18.0 Å². The number of amides is 2. The van der Waals surface area contributed by atoms with Crippen molar-refractivity contribution in [2.75, 3.05) is 19.5 Å². The number of hydrogen-bond acceptors (Lipinski definition) is 7. The van der Waals surface area contributed by atoms with Gasteiger partial charge >= 0.3 is 18.0 Å². The van der Waals surface area contributed by atoms with Crippen LogP contribution in [0.4, 0.5) is 4.79 Å². The Morgan fingerprint density at radius 3 is 2.55 bits per heavy atom. The third kappa shape index (κ3) is 4.91. The van der Waals surface area contributed by atoms with Crippen molar-refractivity contribution in [2.24, 2.45) is 0 Å². The van der Waals surface area contributed by atoms with Crippen molar-refractivity contribution in [2.45, 2.75) is 31.5 Å². The second-order valence-electron chi connectivity index (χ2n) is 6.55. The van der Waals surface area contributed by atoms with E-state index in [0.29, 0.717) is 11.6 Å². The molecule has 0 spiro atoms. The van der Waals surface area contributed by atoms with E-state index in [1.54, 1.807) is 11.5 Å². The highest BCUT2D eigenvalue weighted by molar-refractivity contribution is 7.98. The Morgan fingerprint density at radius 1 is 1.16 bits per heavy atom. The van der Waals surface area contributed by atoms with E-state index in [2.05, 4.69) is 15.6 Å². The molecule has 31 heavy (non-hydrogen) atoms. The first-order chi connectivity index (χ1) is 15.0.